The molecule has 2 aliphatic heterocycles. The number of nitrogens with two attached hydrogens (primary N) is 1. The van der Waals surface area contributed by atoms with Gasteiger partial charge < -0.3 is 15.4 Å². The lowest BCUT2D eigenvalue weighted by atomic mass is 9.71. The van der Waals surface area contributed by atoms with Gasteiger partial charge in [-0.15, -0.1) is 0 Å². The second kappa shape index (κ2) is 7.45. The molecule has 2 saturated heterocycles. The quantitative estimate of drug-likeness (QED) is 0.911. The van der Waals surface area contributed by atoms with Gasteiger partial charge in [-0.3, -0.25) is 4.79 Å². The molecule has 0 saturated carbocycles. The van der Waals surface area contributed by atoms with E-state index in [4.69, 9.17) is 10.5 Å². The van der Waals surface area contributed by atoms with Gasteiger partial charge in [-0.05, 0) is 36.5 Å². The zero-order chi connectivity index (χ0) is 18.9. The highest BCUT2D eigenvalue weighted by atomic mass is 16.5. The maximum atomic E-state index is 13.8. The van der Waals surface area contributed by atoms with Crippen LogP contribution >= 0.6 is 0 Å². The van der Waals surface area contributed by atoms with Gasteiger partial charge in [0.25, 0.3) is 0 Å². The predicted molar refractivity (Wildman–Crippen MR) is 107 cm³/mol. The smallest absolute Gasteiger partial charge is 0.233 e. The number of hydrogen-bond donors (Lipinski definition) is 1. The molecular weight excluding hydrogens is 336 g/mol. The van der Waals surface area contributed by atoms with E-state index in [1.165, 1.54) is 11.1 Å². The van der Waals surface area contributed by atoms with Crippen molar-refractivity contribution in [2.45, 2.75) is 37.1 Å². The van der Waals surface area contributed by atoms with Crippen molar-refractivity contribution in [1.82, 2.24) is 4.90 Å². The molecule has 2 N–H and O–H groups in total. The van der Waals surface area contributed by atoms with Crippen molar-refractivity contribution in [2.75, 3.05) is 26.3 Å². The van der Waals surface area contributed by atoms with Gasteiger partial charge in [0.15, 0.2) is 0 Å². The number of ether oxygens (including phenoxy) is 1. The van der Waals surface area contributed by atoms with E-state index in [9.17, 15) is 4.79 Å². The molecule has 2 fully saturated rings. The van der Waals surface area contributed by atoms with Crippen LogP contribution < -0.4 is 5.73 Å². The first-order valence-electron chi connectivity index (χ1n) is 9.85. The van der Waals surface area contributed by atoms with Gasteiger partial charge in [0.2, 0.25) is 5.91 Å². The summed E-state index contributed by atoms with van der Waals surface area (Å²) in [6.07, 6.45) is 1.47. The third kappa shape index (κ3) is 3.28. The summed E-state index contributed by atoms with van der Waals surface area (Å²) >= 11 is 0. The number of hydrogen-bond acceptors (Lipinski definition) is 3. The first-order chi connectivity index (χ1) is 13.1. The maximum absolute atomic E-state index is 13.8. The zero-order valence-corrected chi connectivity index (χ0v) is 15.9. The lowest BCUT2D eigenvalue weighted by molar-refractivity contribution is -0.140. The van der Waals surface area contributed by atoms with Gasteiger partial charge in [0, 0.05) is 38.3 Å². The molecule has 2 aromatic carbocycles. The average molecular weight is 364 g/mol. The first kappa shape index (κ1) is 18.2. The lowest BCUT2D eigenvalue weighted by Gasteiger charge is -2.40. The summed E-state index contributed by atoms with van der Waals surface area (Å²) in [7, 11) is 0. The first-order valence-corrected chi connectivity index (χ1v) is 9.85. The number of carbonyl (C=O) groups is 1. The Morgan fingerprint density at radius 1 is 1.04 bits per heavy atom. The molecule has 2 aliphatic rings. The molecule has 2 atom stereocenters. The molecule has 27 heavy (non-hydrogen) atoms. The summed E-state index contributed by atoms with van der Waals surface area (Å²) in [6.45, 7) is 4.66. The Morgan fingerprint density at radius 3 is 2.41 bits per heavy atom. The highest BCUT2D eigenvalue weighted by Crippen LogP contribution is 2.40. The van der Waals surface area contributed by atoms with Gasteiger partial charge in [0.05, 0.1) is 5.41 Å². The van der Waals surface area contributed by atoms with Crippen LogP contribution in [0, 0.1) is 6.92 Å². The molecule has 4 rings (SSSR count). The van der Waals surface area contributed by atoms with Crippen LogP contribution in [0.4, 0.5) is 0 Å². The molecule has 0 spiro atoms. The van der Waals surface area contributed by atoms with E-state index in [1.54, 1.807) is 0 Å². The van der Waals surface area contributed by atoms with Crippen LogP contribution in [0.2, 0.25) is 0 Å². The number of aryl methyl sites for hydroxylation is 1. The van der Waals surface area contributed by atoms with Crippen molar-refractivity contribution >= 4 is 5.91 Å². The van der Waals surface area contributed by atoms with Crippen LogP contribution in [-0.2, 0) is 14.9 Å². The number of carbonyl (C=O) groups excluding carboxylic acids is 1. The predicted octanol–water partition coefficient (Wildman–Crippen LogP) is 3.00. The van der Waals surface area contributed by atoms with Crippen LogP contribution in [0.5, 0.6) is 0 Å². The minimum absolute atomic E-state index is 0.0230. The van der Waals surface area contributed by atoms with E-state index in [0.717, 1.165) is 18.4 Å². The summed E-state index contributed by atoms with van der Waals surface area (Å²) in [5.41, 5.74) is 9.52. The minimum Gasteiger partial charge on any atom is -0.381 e. The number of rotatable bonds is 3. The fourth-order valence-electron chi connectivity index (χ4n) is 4.78. The molecule has 0 unspecified atom stereocenters. The summed E-state index contributed by atoms with van der Waals surface area (Å²) < 4.78 is 5.62. The van der Waals surface area contributed by atoms with E-state index in [0.29, 0.717) is 26.3 Å². The van der Waals surface area contributed by atoms with Gasteiger partial charge in [-0.2, -0.15) is 0 Å². The van der Waals surface area contributed by atoms with Crippen LogP contribution in [0.3, 0.4) is 0 Å². The Labute approximate surface area is 161 Å². The number of likely N-dealkylation sites (tertiary alicyclic amines) is 1. The Kier molecular flexibility index (Phi) is 5.02. The zero-order valence-electron chi connectivity index (χ0n) is 15.9. The molecule has 0 bridgehead atoms. The highest BCUT2D eigenvalue weighted by molar-refractivity contribution is 5.89. The van der Waals surface area contributed by atoms with Crippen molar-refractivity contribution in [3.8, 4) is 0 Å². The SMILES string of the molecule is Cc1ccccc1C1(C(=O)N2C[C@@H](N)[C@H](c3ccccc3)C2)CCOCC1. The second-order valence-electron chi connectivity index (χ2n) is 7.90. The maximum Gasteiger partial charge on any atom is 0.233 e. The Morgan fingerprint density at radius 2 is 1.70 bits per heavy atom. The standard InChI is InChI=1S/C23H28N2O2/c1-17-7-5-6-10-20(17)23(11-13-27-14-12-23)22(26)25-15-19(21(24)16-25)18-8-3-2-4-9-18/h2-10,19,21H,11-16,24H2,1H3/t19-,21+/m0/s1. The summed E-state index contributed by atoms with van der Waals surface area (Å²) in [5, 5.41) is 0. The van der Waals surface area contributed by atoms with Crippen LogP contribution in [0.15, 0.2) is 54.6 Å². The lowest BCUT2D eigenvalue weighted by Crippen LogP contribution is -2.50. The van der Waals surface area contributed by atoms with Crippen molar-refractivity contribution in [3.63, 3.8) is 0 Å². The van der Waals surface area contributed by atoms with E-state index in [-0.39, 0.29) is 17.9 Å². The topological polar surface area (TPSA) is 55.6 Å². The molecule has 0 aromatic heterocycles. The molecule has 1 amide bonds. The third-order valence-electron chi connectivity index (χ3n) is 6.30. The number of amides is 1. The monoisotopic (exact) mass is 364 g/mol. The Bertz CT molecular complexity index is 799. The molecule has 142 valence electrons. The van der Waals surface area contributed by atoms with Crippen molar-refractivity contribution in [3.05, 3.63) is 71.3 Å². The van der Waals surface area contributed by atoms with Crippen LogP contribution in [0.25, 0.3) is 0 Å². The number of nitrogens with zero attached hydrogens (tertiary/aromatic N) is 1. The molecule has 4 nitrogen and oxygen atoms in total. The largest absolute Gasteiger partial charge is 0.381 e. The fraction of sp³-hybridized carbons (Fsp3) is 0.435. The molecule has 2 heterocycles. The van der Waals surface area contributed by atoms with E-state index < -0.39 is 5.41 Å². The minimum atomic E-state index is -0.491. The van der Waals surface area contributed by atoms with E-state index >= 15 is 0 Å². The van der Waals surface area contributed by atoms with Crippen LogP contribution in [-0.4, -0.2) is 43.2 Å². The average Bonchev–Trinajstić information content (AvgIpc) is 3.10. The van der Waals surface area contributed by atoms with Gasteiger partial charge in [-0.1, -0.05) is 54.6 Å². The molecular formula is C23H28N2O2. The Balaban J connectivity index is 1.64. The van der Waals surface area contributed by atoms with E-state index in [1.807, 2.05) is 35.2 Å². The third-order valence-corrected chi connectivity index (χ3v) is 6.30. The second-order valence-corrected chi connectivity index (χ2v) is 7.90. The molecule has 0 radical (unpaired) electrons. The fourth-order valence-corrected chi connectivity index (χ4v) is 4.78. The van der Waals surface area contributed by atoms with Gasteiger partial charge in [-0.25, -0.2) is 0 Å². The van der Waals surface area contributed by atoms with Crippen molar-refractivity contribution < 1.29 is 9.53 Å². The summed E-state index contributed by atoms with van der Waals surface area (Å²) in [4.78, 5) is 15.8. The molecule has 2 aromatic rings. The van der Waals surface area contributed by atoms with E-state index in [2.05, 4.69) is 31.2 Å². The van der Waals surface area contributed by atoms with Crippen molar-refractivity contribution in [1.29, 1.82) is 0 Å². The van der Waals surface area contributed by atoms with Crippen LogP contribution in [0.1, 0.15) is 35.4 Å². The summed E-state index contributed by atoms with van der Waals surface area (Å²) in [5.74, 6) is 0.415. The molecule has 4 heteroatoms. The molecule has 0 aliphatic carbocycles. The van der Waals surface area contributed by atoms with Crippen molar-refractivity contribution in [2.24, 2.45) is 5.73 Å². The van der Waals surface area contributed by atoms with Gasteiger partial charge in [0.1, 0.15) is 0 Å². The normalized spacial score (nSPS) is 24.7. The summed E-state index contributed by atoms with van der Waals surface area (Å²) in [6, 6.07) is 18.6. The number of benzene rings is 2. The highest BCUT2D eigenvalue weighted by Gasteiger charge is 2.47. The van der Waals surface area contributed by atoms with Gasteiger partial charge >= 0.3 is 0 Å². The Hall–Kier alpha value is -2.17.